The Bertz CT molecular complexity index is 1240. The van der Waals surface area contributed by atoms with E-state index < -0.39 is 11.4 Å². The molecule has 10 nitrogen and oxygen atoms in total. The van der Waals surface area contributed by atoms with E-state index in [-0.39, 0.29) is 40.8 Å². The van der Waals surface area contributed by atoms with Crippen molar-refractivity contribution in [2.75, 3.05) is 44.3 Å². The number of amides is 2. The Kier molecular flexibility index (Phi) is 7.60. The van der Waals surface area contributed by atoms with E-state index >= 15 is 0 Å². The zero-order valence-corrected chi connectivity index (χ0v) is 23.9. The number of hydrogen-bond acceptors (Lipinski definition) is 8. The van der Waals surface area contributed by atoms with Gasteiger partial charge in [0.25, 0.3) is 5.91 Å². The largest absolute Gasteiger partial charge is 0.451 e. The first-order chi connectivity index (χ1) is 18.9. The van der Waals surface area contributed by atoms with Crippen LogP contribution in [0.3, 0.4) is 0 Å². The Morgan fingerprint density at radius 3 is 2.40 bits per heavy atom. The van der Waals surface area contributed by atoms with Crippen molar-refractivity contribution in [3.05, 3.63) is 42.1 Å². The van der Waals surface area contributed by atoms with Crippen LogP contribution in [0.25, 0.3) is 0 Å². The van der Waals surface area contributed by atoms with Gasteiger partial charge >= 0.3 is 6.09 Å². The highest BCUT2D eigenvalue weighted by atomic mass is 19.1. The standard InChI is InChI=1S/C29H38FN5O5/c1-19-14-38-15-20(2)35(19)26(36)22-12-21(30)6-7-23(22)39-24-13-31-18-32-25(24)34-16-29(17-34)8-10-33(11-9-29)27(37)40-28(3,4)5/h6-7,12-13,18-20H,8-11,14-17H2,1-5H3/t19-,20+. The van der Waals surface area contributed by atoms with Crippen molar-refractivity contribution in [1.29, 1.82) is 0 Å². The molecule has 2 aromatic rings. The van der Waals surface area contributed by atoms with Gasteiger partial charge in [-0.15, -0.1) is 0 Å². The predicted octanol–water partition coefficient (Wildman–Crippen LogP) is 4.49. The normalized spacial score (nSPS) is 22.6. The fourth-order valence-electron chi connectivity index (χ4n) is 5.76. The smallest absolute Gasteiger partial charge is 0.410 e. The van der Waals surface area contributed by atoms with Gasteiger partial charge in [0, 0.05) is 31.6 Å². The number of morpholine rings is 1. The van der Waals surface area contributed by atoms with Crippen LogP contribution in [0.1, 0.15) is 57.8 Å². The molecular formula is C29H38FN5O5. The maximum Gasteiger partial charge on any atom is 0.410 e. The molecule has 4 heterocycles. The maximum absolute atomic E-state index is 14.3. The fraction of sp³-hybridized carbons (Fsp3) is 0.586. The van der Waals surface area contributed by atoms with Gasteiger partial charge in [-0.2, -0.15) is 0 Å². The molecule has 3 aliphatic heterocycles. The first kappa shape index (κ1) is 28.1. The first-order valence-corrected chi connectivity index (χ1v) is 13.9. The van der Waals surface area contributed by atoms with E-state index in [9.17, 15) is 14.0 Å². The van der Waals surface area contributed by atoms with Crippen molar-refractivity contribution in [1.82, 2.24) is 19.8 Å². The van der Waals surface area contributed by atoms with Crippen LogP contribution in [-0.2, 0) is 9.47 Å². The molecule has 0 saturated carbocycles. The summed E-state index contributed by atoms with van der Waals surface area (Å²) in [7, 11) is 0. The summed E-state index contributed by atoms with van der Waals surface area (Å²) in [4.78, 5) is 40.3. The van der Waals surface area contributed by atoms with Crippen LogP contribution in [-0.4, -0.2) is 88.8 Å². The molecule has 1 spiro atoms. The zero-order valence-electron chi connectivity index (χ0n) is 23.9. The van der Waals surface area contributed by atoms with E-state index in [0.717, 1.165) is 25.9 Å². The van der Waals surface area contributed by atoms with Crippen molar-refractivity contribution in [3.8, 4) is 11.5 Å². The summed E-state index contributed by atoms with van der Waals surface area (Å²) in [5.41, 5.74) is -0.290. The molecule has 1 aromatic carbocycles. The quantitative estimate of drug-likeness (QED) is 0.544. The average Bonchev–Trinajstić information content (AvgIpc) is 2.87. The van der Waals surface area contributed by atoms with Crippen molar-refractivity contribution in [2.24, 2.45) is 5.41 Å². The summed E-state index contributed by atoms with van der Waals surface area (Å²) in [6.45, 7) is 13.1. The lowest BCUT2D eigenvalue weighted by atomic mass is 9.72. The molecule has 3 aliphatic rings. The van der Waals surface area contributed by atoms with Gasteiger partial charge in [0.15, 0.2) is 11.6 Å². The van der Waals surface area contributed by atoms with Gasteiger partial charge in [0.05, 0.1) is 37.1 Å². The minimum atomic E-state index is -0.517. The topological polar surface area (TPSA) is 97.3 Å². The lowest BCUT2D eigenvalue weighted by Crippen LogP contribution is -2.61. The molecule has 3 saturated heterocycles. The van der Waals surface area contributed by atoms with E-state index in [1.54, 1.807) is 16.0 Å². The number of carbonyl (C=O) groups is 2. The van der Waals surface area contributed by atoms with Crippen molar-refractivity contribution in [2.45, 2.75) is 65.1 Å². The highest BCUT2D eigenvalue weighted by Gasteiger charge is 2.47. The number of halogens is 1. The molecule has 0 aliphatic carbocycles. The predicted molar refractivity (Wildman–Crippen MR) is 146 cm³/mol. The number of piperidine rings is 1. The molecule has 2 atom stereocenters. The van der Waals surface area contributed by atoms with Gasteiger partial charge in [-0.1, -0.05) is 0 Å². The third-order valence-corrected chi connectivity index (χ3v) is 7.78. The maximum atomic E-state index is 14.3. The minimum Gasteiger partial charge on any atom is -0.451 e. The van der Waals surface area contributed by atoms with Gasteiger partial charge in [-0.3, -0.25) is 4.79 Å². The SMILES string of the molecule is C[C@@H]1COC[C@H](C)N1C(=O)c1cc(F)ccc1Oc1cncnc1N1CC2(CCN(C(=O)OC(C)(C)C)CC2)C1. The summed E-state index contributed by atoms with van der Waals surface area (Å²) in [6, 6.07) is 3.66. The molecule has 216 valence electrons. The van der Waals surface area contributed by atoms with E-state index in [2.05, 4.69) is 14.9 Å². The summed E-state index contributed by atoms with van der Waals surface area (Å²) in [5, 5.41) is 0. The molecule has 0 N–H and O–H groups in total. The minimum absolute atomic E-state index is 0.0837. The number of anilines is 1. The van der Waals surface area contributed by atoms with Crippen LogP contribution in [0.5, 0.6) is 11.5 Å². The summed E-state index contributed by atoms with van der Waals surface area (Å²) < 4.78 is 31.6. The average molecular weight is 556 g/mol. The highest BCUT2D eigenvalue weighted by molar-refractivity contribution is 5.97. The van der Waals surface area contributed by atoms with Crippen molar-refractivity contribution in [3.63, 3.8) is 0 Å². The third kappa shape index (κ3) is 5.84. The Hall–Kier alpha value is -3.47. The number of carbonyl (C=O) groups excluding carboxylic acids is 2. The Labute approximate surface area is 234 Å². The summed E-state index contributed by atoms with van der Waals surface area (Å²) >= 11 is 0. The highest BCUT2D eigenvalue weighted by Crippen LogP contribution is 2.45. The Balaban J connectivity index is 1.28. The molecule has 0 bridgehead atoms. The van der Waals surface area contributed by atoms with Gasteiger partial charge in [-0.25, -0.2) is 19.2 Å². The Morgan fingerprint density at radius 2 is 1.75 bits per heavy atom. The Morgan fingerprint density at radius 1 is 1.07 bits per heavy atom. The molecular weight excluding hydrogens is 517 g/mol. The monoisotopic (exact) mass is 555 g/mol. The van der Waals surface area contributed by atoms with Crippen LogP contribution >= 0.6 is 0 Å². The zero-order chi connectivity index (χ0) is 28.7. The van der Waals surface area contributed by atoms with E-state index in [0.29, 0.717) is 37.9 Å². The second kappa shape index (κ2) is 10.8. The third-order valence-electron chi connectivity index (χ3n) is 7.78. The molecule has 2 amide bonds. The van der Waals surface area contributed by atoms with Gasteiger partial charge in [0.1, 0.15) is 23.5 Å². The van der Waals surface area contributed by atoms with Crippen LogP contribution in [0.2, 0.25) is 0 Å². The first-order valence-electron chi connectivity index (χ1n) is 13.9. The molecule has 5 rings (SSSR count). The van der Waals surface area contributed by atoms with Gasteiger partial charge in [-0.05, 0) is 65.7 Å². The molecule has 1 aromatic heterocycles. The van der Waals surface area contributed by atoms with Crippen LogP contribution in [0.4, 0.5) is 15.0 Å². The molecule has 40 heavy (non-hydrogen) atoms. The molecule has 0 unspecified atom stereocenters. The second-order valence-corrected chi connectivity index (χ2v) is 12.2. The number of hydrogen-bond donors (Lipinski definition) is 0. The number of ether oxygens (including phenoxy) is 3. The fourth-order valence-corrected chi connectivity index (χ4v) is 5.76. The van der Waals surface area contributed by atoms with Crippen LogP contribution < -0.4 is 9.64 Å². The van der Waals surface area contributed by atoms with Crippen molar-refractivity contribution < 1.29 is 28.2 Å². The number of rotatable bonds is 4. The molecule has 3 fully saturated rings. The van der Waals surface area contributed by atoms with Gasteiger partial charge < -0.3 is 28.9 Å². The van der Waals surface area contributed by atoms with E-state index in [1.807, 2.05) is 34.6 Å². The number of aromatic nitrogens is 2. The summed E-state index contributed by atoms with van der Waals surface area (Å²) in [5.74, 6) is 0.430. The van der Waals surface area contributed by atoms with E-state index in [4.69, 9.17) is 14.2 Å². The lowest BCUT2D eigenvalue weighted by molar-refractivity contribution is -0.0250. The van der Waals surface area contributed by atoms with Gasteiger partial charge in [0.2, 0.25) is 0 Å². The lowest BCUT2D eigenvalue weighted by Gasteiger charge is -2.54. The number of benzene rings is 1. The summed E-state index contributed by atoms with van der Waals surface area (Å²) in [6.07, 6.45) is 4.51. The molecule has 0 radical (unpaired) electrons. The van der Waals surface area contributed by atoms with E-state index in [1.165, 1.54) is 24.5 Å². The molecule has 11 heteroatoms. The van der Waals surface area contributed by atoms with Crippen LogP contribution in [0, 0.1) is 11.2 Å². The van der Waals surface area contributed by atoms with Crippen molar-refractivity contribution >= 4 is 17.8 Å². The second-order valence-electron chi connectivity index (χ2n) is 12.2. The van der Waals surface area contributed by atoms with Crippen LogP contribution in [0.15, 0.2) is 30.7 Å². The number of nitrogens with zero attached hydrogens (tertiary/aromatic N) is 5. The number of likely N-dealkylation sites (tertiary alicyclic amines) is 1.